The molecule has 0 fully saturated rings. The van der Waals surface area contributed by atoms with E-state index in [1.165, 1.54) is 16.2 Å². The third-order valence-corrected chi connectivity index (χ3v) is 4.90. The summed E-state index contributed by atoms with van der Waals surface area (Å²) in [5.74, 6) is -0.693. The third-order valence-electron chi connectivity index (χ3n) is 4.21. The first kappa shape index (κ1) is 22.4. The van der Waals surface area contributed by atoms with Crippen molar-refractivity contribution < 1.29 is 19.1 Å². The largest absolute Gasteiger partial charge is 0.497 e. The van der Waals surface area contributed by atoms with E-state index in [4.69, 9.17) is 10.5 Å². The second-order valence-electron chi connectivity index (χ2n) is 7.52. The molecule has 9 heteroatoms. The maximum atomic E-state index is 13.1. The SMILES string of the molecule is COc1ccc(N(C(=O)CCC(=O)Nc2nccs2)C(C(N)=O)C(C)(C)C)cc1. The van der Waals surface area contributed by atoms with Gasteiger partial charge in [-0.05, 0) is 29.7 Å². The molecule has 2 aromatic rings. The number of hydrogen-bond acceptors (Lipinski definition) is 6. The Balaban J connectivity index is 2.24. The van der Waals surface area contributed by atoms with Gasteiger partial charge >= 0.3 is 0 Å². The van der Waals surface area contributed by atoms with Crippen LogP contribution in [0.4, 0.5) is 10.8 Å². The molecule has 29 heavy (non-hydrogen) atoms. The number of benzene rings is 1. The fourth-order valence-electron chi connectivity index (χ4n) is 2.93. The van der Waals surface area contributed by atoms with Crippen LogP contribution >= 0.6 is 11.3 Å². The van der Waals surface area contributed by atoms with Crippen LogP contribution in [-0.4, -0.2) is 35.9 Å². The summed E-state index contributed by atoms with van der Waals surface area (Å²) in [6, 6.07) is 5.89. The van der Waals surface area contributed by atoms with Gasteiger partial charge in [-0.1, -0.05) is 20.8 Å². The second-order valence-corrected chi connectivity index (χ2v) is 8.41. The number of aromatic nitrogens is 1. The zero-order valence-electron chi connectivity index (χ0n) is 17.0. The summed E-state index contributed by atoms with van der Waals surface area (Å²) < 4.78 is 5.16. The van der Waals surface area contributed by atoms with Crippen molar-refractivity contribution in [1.82, 2.24) is 4.98 Å². The van der Waals surface area contributed by atoms with Crippen molar-refractivity contribution >= 4 is 39.9 Å². The molecule has 1 aromatic heterocycles. The van der Waals surface area contributed by atoms with Crippen LogP contribution in [0.5, 0.6) is 5.75 Å². The van der Waals surface area contributed by atoms with Crippen LogP contribution in [0.25, 0.3) is 0 Å². The van der Waals surface area contributed by atoms with Gasteiger partial charge < -0.3 is 15.8 Å². The molecule has 0 spiro atoms. The molecule has 0 saturated heterocycles. The zero-order valence-corrected chi connectivity index (χ0v) is 17.8. The fourth-order valence-corrected chi connectivity index (χ4v) is 3.47. The van der Waals surface area contributed by atoms with E-state index in [-0.39, 0.29) is 24.7 Å². The Morgan fingerprint density at radius 2 is 1.86 bits per heavy atom. The highest BCUT2D eigenvalue weighted by Crippen LogP contribution is 2.31. The number of carbonyl (C=O) groups is 3. The Labute approximate surface area is 174 Å². The maximum absolute atomic E-state index is 13.1. The molecule has 3 amide bonds. The van der Waals surface area contributed by atoms with E-state index in [0.29, 0.717) is 16.6 Å². The van der Waals surface area contributed by atoms with Crippen LogP contribution in [0.15, 0.2) is 35.8 Å². The number of nitrogens with one attached hydrogen (secondary N) is 1. The summed E-state index contributed by atoms with van der Waals surface area (Å²) in [5.41, 5.74) is 5.56. The number of primary amides is 1. The predicted octanol–water partition coefficient (Wildman–Crippen LogP) is 2.80. The van der Waals surface area contributed by atoms with Gasteiger partial charge in [0.1, 0.15) is 11.8 Å². The first-order chi connectivity index (χ1) is 13.6. The van der Waals surface area contributed by atoms with Crippen LogP contribution in [0.2, 0.25) is 0 Å². The molecule has 1 unspecified atom stereocenters. The third kappa shape index (κ3) is 6.02. The number of anilines is 2. The van der Waals surface area contributed by atoms with Crippen molar-refractivity contribution in [2.45, 2.75) is 39.7 Å². The molecule has 0 aliphatic rings. The Hall–Kier alpha value is -2.94. The molecular formula is C20H26N4O4S. The number of carbonyl (C=O) groups excluding carboxylic acids is 3. The number of hydrogen-bond donors (Lipinski definition) is 2. The standard InChI is InChI=1S/C20H26N4O4S/c1-20(2,3)17(18(21)27)24(13-5-7-14(28-4)8-6-13)16(26)10-9-15(25)23-19-22-11-12-29-19/h5-8,11-12,17H,9-10H2,1-4H3,(H2,21,27)(H,22,23,25). The lowest BCUT2D eigenvalue weighted by Gasteiger charge is -2.38. The van der Waals surface area contributed by atoms with E-state index >= 15 is 0 Å². The van der Waals surface area contributed by atoms with Gasteiger partial charge in [0.25, 0.3) is 0 Å². The molecule has 0 aliphatic heterocycles. The van der Waals surface area contributed by atoms with Crippen molar-refractivity contribution in [3.05, 3.63) is 35.8 Å². The van der Waals surface area contributed by atoms with Gasteiger partial charge in [0, 0.05) is 30.1 Å². The lowest BCUT2D eigenvalue weighted by molar-refractivity contribution is -0.127. The van der Waals surface area contributed by atoms with Crippen molar-refractivity contribution in [3.8, 4) is 5.75 Å². The van der Waals surface area contributed by atoms with Crippen LogP contribution < -0.4 is 20.7 Å². The quantitative estimate of drug-likeness (QED) is 0.684. The first-order valence-electron chi connectivity index (χ1n) is 9.08. The van der Waals surface area contributed by atoms with Crippen LogP contribution in [0, 0.1) is 5.41 Å². The average molecular weight is 419 g/mol. The zero-order chi connectivity index (χ0) is 21.6. The minimum Gasteiger partial charge on any atom is -0.497 e. The summed E-state index contributed by atoms with van der Waals surface area (Å²) in [5, 5.41) is 4.86. The highest BCUT2D eigenvalue weighted by Gasteiger charge is 2.38. The highest BCUT2D eigenvalue weighted by atomic mass is 32.1. The molecule has 1 aromatic carbocycles. The molecule has 3 N–H and O–H groups in total. The van der Waals surface area contributed by atoms with Crippen molar-refractivity contribution in [2.75, 3.05) is 17.3 Å². The lowest BCUT2D eigenvalue weighted by atomic mass is 9.84. The maximum Gasteiger partial charge on any atom is 0.241 e. The van der Waals surface area contributed by atoms with Crippen LogP contribution in [0.1, 0.15) is 33.6 Å². The van der Waals surface area contributed by atoms with E-state index in [0.717, 1.165) is 0 Å². The summed E-state index contributed by atoms with van der Waals surface area (Å²) in [6.07, 6.45) is 1.46. The van der Waals surface area contributed by atoms with Crippen molar-refractivity contribution in [2.24, 2.45) is 11.1 Å². The Morgan fingerprint density at radius 3 is 2.34 bits per heavy atom. The van der Waals surface area contributed by atoms with Gasteiger partial charge in [0.2, 0.25) is 17.7 Å². The second kappa shape index (κ2) is 9.51. The Bertz CT molecular complexity index is 844. The van der Waals surface area contributed by atoms with E-state index in [1.54, 1.807) is 43.0 Å². The fraction of sp³-hybridized carbons (Fsp3) is 0.400. The lowest BCUT2D eigenvalue weighted by Crippen LogP contribution is -2.55. The molecule has 2 rings (SSSR count). The highest BCUT2D eigenvalue weighted by molar-refractivity contribution is 7.13. The van der Waals surface area contributed by atoms with Gasteiger partial charge in [-0.3, -0.25) is 19.3 Å². The van der Waals surface area contributed by atoms with E-state index in [2.05, 4.69) is 10.3 Å². The number of nitrogens with two attached hydrogens (primary N) is 1. The molecule has 1 heterocycles. The van der Waals surface area contributed by atoms with Crippen molar-refractivity contribution in [1.29, 1.82) is 0 Å². The van der Waals surface area contributed by atoms with E-state index in [1.807, 2.05) is 20.8 Å². The molecular weight excluding hydrogens is 392 g/mol. The van der Waals surface area contributed by atoms with Gasteiger partial charge in [-0.2, -0.15) is 0 Å². The predicted molar refractivity (Wildman–Crippen MR) is 113 cm³/mol. The smallest absolute Gasteiger partial charge is 0.241 e. The van der Waals surface area contributed by atoms with Crippen LogP contribution in [0.3, 0.4) is 0 Å². The molecule has 0 saturated carbocycles. The topological polar surface area (TPSA) is 115 Å². The number of nitrogens with zero attached hydrogens (tertiary/aromatic N) is 2. The Morgan fingerprint density at radius 1 is 1.21 bits per heavy atom. The molecule has 156 valence electrons. The number of amides is 3. The average Bonchev–Trinajstić information content (AvgIpc) is 3.15. The van der Waals surface area contributed by atoms with Gasteiger partial charge in [0.15, 0.2) is 5.13 Å². The summed E-state index contributed by atoms with van der Waals surface area (Å²) in [4.78, 5) is 42.8. The first-order valence-corrected chi connectivity index (χ1v) is 9.96. The minimum absolute atomic E-state index is 0.0410. The van der Waals surface area contributed by atoms with Gasteiger partial charge in [0.05, 0.1) is 7.11 Å². The summed E-state index contributed by atoms with van der Waals surface area (Å²) in [7, 11) is 1.54. The number of ether oxygens (including phenoxy) is 1. The van der Waals surface area contributed by atoms with Crippen LogP contribution in [-0.2, 0) is 14.4 Å². The van der Waals surface area contributed by atoms with E-state index in [9.17, 15) is 14.4 Å². The summed E-state index contributed by atoms with van der Waals surface area (Å²) in [6.45, 7) is 5.50. The normalized spacial score (nSPS) is 12.1. The van der Waals surface area contributed by atoms with Gasteiger partial charge in [-0.15, -0.1) is 11.3 Å². The Kier molecular flexibility index (Phi) is 7.33. The van der Waals surface area contributed by atoms with Gasteiger partial charge in [-0.25, -0.2) is 4.98 Å². The summed E-state index contributed by atoms with van der Waals surface area (Å²) >= 11 is 1.29. The number of thiazole rings is 1. The molecule has 8 nitrogen and oxygen atoms in total. The number of methoxy groups -OCH3 is 1. The van der Waals surface area contributed by atoms with E-state index < -0.39 is 17.4 Å². The van der Waals surface area contributed by atoms with Crippen molar-refractivity contribution in [3.63, 3.8) is 0 Å². The number of rotatable bonds is 8. The molecule has 0 radical (unpaired) electrons. The monoisotopic (exact) mass is 418 g/mol. The minimum atomic E-state index is -0.884. The molecule has 0 aliphatic carbocycles. The molecule has 0 bridgehead atoms. The molecule has 1 atom stereocenters.